The third-order valence-corrected chi connectivity index (χ3v) is 6.40. The van der Waals surface area contributed by atoms with Crippen molar-refractivity contribution < 1.29 is 4.79 Å². The maximum atomic E-state index is 13.0. The molecule has 2 aromatic rings. The van der Waals surface area contributed by atoms with E-state index in [0.717, 1.165) is 51.3 Å². The Kier molecular flexibility index (Phi) is 7.02. The predicted octanol–water partition coefficient (Wildman–Crippen LogP) is 2.21. The molecule has 2 aromatic heterocycles. The average molecular weight is 409 g/mol. The molecule has 7 nitrogen and oxygen atoms in total. The summed E-state index contributed by atoms with van der Waals surface area (Å²) in [5.74, 6) is 0.327. The number of aromatic nitrogens is 3. The molecule has 0 saturated carbocycles. The summed E-state index contributed by atoms with van der Waals surface area (Å²) in [5, 5.41) is 0. The van der Waals surface area contributed by atoms with Gasteiger partial charge in [-0.2, -0.15) is 0 Å². The van der Waals surface area contributed by atoms with Crippen LogP contribution in [0.25, 0.3) is 0 Å². The third kappa shape index (κ3) is 5.40. The molecule has 2 aliphatic heterocycles. The summed E-state index contributed by atoms with van der Waals surface area (Å²) >= 11 is 0. The first kappa shape index (κ1) is 20.9. The first-order chi connectivity index (χ1) is 14.7. The van der Waals surface area contributed by atoms with Crippen molar-refractivity contribution in [2.24, 2.45) is 5.92 Å². The Hall–Kier alpha value is -2.38. The van der Waals surface area contributed by atoms with Crippen molar-refractivity contribution in [3.63, 3.8) is 0 Å². The Morgan fingerprint density at radius 2 is 1.93 bits per heavy atom. The average Bonchev–Trinajstić information content (AvgIpc) is 2.80. The molecular weight excluding hydrogens is 376 g/mol. The number of nitrogens with zero attached hydrogens (tertiary/aromatic N) is 6. The smallest absolute Gasteiger partial charge is 0.227 e. The van der Waals surface area contributed by atoms with Crippen LogP contribution in [0.5, 0.6) is 0 Å². The van der Waals surface area contributed by atoms with Crippen LogP contribution in [0.1, 0.15) is 36.9 Å². The number of rotatable bonds is 6. The standard InChI is InChI=1S/C23H32N6O/c1-27(18-21-15-25-9-10-26-21)23(30)20-5-3-11-29(17-20)22-6-12-28(13-7-22)16-19-4-2-8-24-14-19/h2,4,8-10,14-15,20,22H,3,5-7,11-13,16-18H2,1H3/t20-/m0/s1. The molecule has 1 amide bonds. The molecule has 4 rings (SSSR count). The number of carbonyl (C=O) groups is 1. The molecule has 0 bridgehead atoms. The van der Waals surface area contributed by atoms with E-state index < -0.39 is 0 Å². The SMILES string of the molecule is CN(Cc1cnccn1)C(=O)[C@H]1CCCN(C2CCN(Cc3cccnc3)CC2)C1. The van der Waals surface area contributed by atoms with Gasteiger partial charge in [0.1, 0.15) is 0 Å². The Labute approximate surface area is 179 Å². The number of carbonyl (C=O) groups excluding carboxylic acids is 1. The van der Waals surface area contributed by atoms with Gasteiger partial charge in [-0.05, 0) is 56.9 Å². The van der Waals surface area contributed by atoms with Crippen molar-refractivity contribution in [2.45, 2.75) is 44.8 Å². The summed E-state index contributed by atoms with van der Waals surface area (Å²) in [4.78, 5) is 32.6. The summed E-state index contributed by atoms with van der Waals surface area (Å²) in [6.07, 6.45) is 13.3. The highest BCUT2D eigenvalue weighted by molar-refractivity contribution is 5.78. The van der Waals surface area contributed by atoms with Gasteiger partial charge in [0.25, 0.3) is 0 Å². The number of hydrogen-bond acceptors (Lipinski definition) is 6. The lowest BCUT2D eigenvalue weighted by atomic mass is 9.93. The highest BCUT2D eigenvalue weighted by Gasteiger charge is 2.32. The summed E-state index contributed by atoms with van der Waals surface area (Å²) in [6.45, 7) is 5.73. The summed E-state index contributed by atoms with van der Waals surface area (Å²) in [7, 11) is 1.88. The molecule has 0 aromatic carbocycles. The van der Waals surface area contributed by atoms with Crippen LogP contribution in [-0.4, -0.2) is 74.8 Å². The van der Waals surface area contributed by atoms with Crippen molar-refractivity contribution in [1.82, 2.24) is 29.7 Å². The maximum absolute atomic E-state index is 13.0. The van der Waals surface area contributed by atoms with Gasteiger partial charge in [0.15, 0.2) is 0 Å². The molecule has 2 fully saturated rings. The first-order valence-corrected chi connectivity index (χ1v) is 11.0. The number of pyridine rings is 1. The molecular formula is C23H32N6O. The minimum absolute atomic E-state index is 0.0915. The first-order valence-electron chi connectivity index (χ1n) is 11.0. The number of likely N-dealkylation sites (tertiary alicyclic amines) is 2. The second-order valence-corrected chi connectivity index (χ2v) is 8.59. The van der Waals surface area contributed by atoms with E-state index in [1.165, 1.54) is 18.4 Å². The maximum Gasteiger partial charge on any atom is 0.227 e. The van der Waals surface area contributed by atoms with E-state index in [1.807, 2.05) is 30.4 Å². The molecule has 0 spiro atoms. The Bertz CT molecular complexity index is 794. The van der Waals surface area contributed by atoms with Crippen LogP contribution in [0, 0.1) is 5.92 Å². The second-order valence-electron chi connectivity index (χ2n) is 8.59. The summed E-state index contributed by atoms with van der Waals surface area (Å²) < 4.78 is 0. The molecule has 0 unspecified atom stereocenters. The minimum atomic E-state index is 0.0915. The lowest BCUT2D eigenvalue weighted by Crippen LogP contribution is -2.50. The largest absolute Gasteiger partial charge is 0.340 e. The van der Waals surface area contributed by atoms with Crippen LogP contribution in [0.2, 0.25) is 0 Å². The lowest BCUT2D eigenvalue weighted by Gasteiger charge is -2.42. The van der Waals surface area contributed by atoms with Gasteiger partial charge in [-0.1, -0.05) is 6.07 Å². The molecule has 1 atom stereocenters. The zero-order chi connectivity index (χ0) is 20.8. The van der Waals surface area contributed by atoms with E-state index >= 15 is 0 Å². The fourth-order valence-electron chi connectivity index (χ4n) is 4.78. The van der Waals surface area contributed by atoms with E-state index in [1.54, 1.807) is 18.6 Å². The third-order valence-electron chi connectivity index (χ3n) is 6.40. The molecule has 0 aliphatic carbocycles. The van der Waals surface area contributed by atoms with Gasteiger partial charge >= 0.3 is 0 Å². The molecule has 30 heavy (non-hydrogen) atoms. The van der Waals surface area contributed by atoms with Gasteiger partial charge in [0.2, 0.25) is 5.91 Å². The highest BCUT2D eigenvalue weighted by Crippen LogP contribution is 2.25. The molecule has 2 aliphatic rings. The zero-order valence-electron chi connectivity index (χ0n) is 17.9. The van der Waals surface area contributed by atoms with Crippen molar-refractivity contribution in [1.29, 1.82) is 0 Å². The number of piperidine rings is 2. The number of hydrogen-bond donors (Lipinski definition) is 0. The van der Waals surface area contributed by atoms with Crippen molar-refractivity contribution in [3.05, 3.63) is 54.4 Å². The summed E-state index contributed by atoms with van der Waals surface area (Å²) in [6, 6.07) is 4.75. The van der Waals surface area contributed by atoms with Gasteiger partial charge in [0, 0.05) is 51.0 Å². The van der Waals surface area contributed by atoms with Gasteiger partial charge in [0.05, 0.1) is 24.4 Å². The van der Waals surface area contributed by atoms with E-state index in [9.17, 15) is 4.79 Å². The molecule has 2 saturated heterocycles. The van der Waals surface area contributed by atoms with Gasteiger partial charge in [-0.25, -0.2) is 0 Å². The van der Waals surface area contributed by atoms with Crippen molar-refractivity contribution >= 4 is 5.91 Å². The van der Waals surface area contributed by atoms with Crippen LogP contribution in [0.4, 0.5) is 0 Å². The Balaban J connectivity index is 1.26. The molecule has 160 valence electrons. The molecule has 0 radical (unpaired) electrons. The van der Waals surface area contributed by atoms with Crippen molar-refractivity contribution in [3.8, 4) is 0 Å². The van der Waals surface area contributed by atoms with E-state index in [0.29, 0.717) is 12.6 Å². The van der Waals surface area contributed by atoms with Crippen LogP contribution in [0.15, 0.2) is 43.1 Å². The van der Waals surface area contributed by atoms with E-state index in [4.69, 9.17) is 0 Å². The van der Waals surface area contributed by atoms with Gasteiger partial charge in [-0.15, -0.1) is 0 Å². The van der Waals surface area contributed by atoms with Gasteiger partial charge in [-0.3, -0.25) is 29.5 Å². The predicted molar refractivity (Wildman–Crippen MR) is 115 cm³/mol. The fourth-order valence-corrected chi connectivity index (χ4v) is 4.78. The van der Waals surface area contributed by atoms with Crippen molar-refractivity contribution in [2.75, 3.05) is 33.2 Å². The fraction of sp³-hybridized carbons (Fsp3) is 0.565. The van der Waals surface area contributed by atoms with E-state index in [2.05, 4.69) is 30.8 Å². The highest BCUT2D eigenvalue weighted by atomic mass is 16.2. The second kappa shape index (κ2) is 10.1. The molecule has 0 N–H and O–H groups in total. The lowest BCUT2D eigenvalue weighted by molar-refractivity contribution is -0.137. The van der Waals surface area contributed by atoms with Gasteiger partial charge < -0.3 is 4.90 Å². The zero-order valence-corrected chi connectivity index (χ0v) is 17.9. The number of amides is 1. The topological polar surface area (TPSA) is 65.5 Å². The van der Waals surface area contributed by atoms with Crippen LogP contribution in [-0.2, 0) is 17.9 Å². The Morgan fingerprint density at radius 3 is 2.67 bits per heavy atom. The monoisotopic (exact) mass is 408 g/mol. The molecule has 7 heteroatoms. The van der Waals surface area contributed by atoms with E-state index in [-0.39, 0.29) is 11.8 Å². The van der Waals surface area contributed by atoms with Crippen LogP contribution in [0.3, 0.4) is 0 Å². The van der Waals surface area contributed by atoms with Crippen LogP contribution >= 0.6 is 0 Å². The quantitative estimate of drug-likeness (QED) is 0.730. The minimum Gasteiger partial charge on any atom is -0.340 e. The van der Waals surface area contributed by atoms with Crippen LogP contribution < -0.4 is 0 Å². The normalized spacial score (nSPS) is 21.4. The molecule has 4 heterocycles. The summed E-state index contributed by atoms with van der Waals surface area (Å²) in [5.41, 5.74) is 2.12. The Morgan fingerprint density at radius 1 is 1.10 bits per heavy atom.